The maximum atomic E-state index is 12.6. The normalized spacial score (nSPS) is 27.7. The number of hydrogen-bond acceptors (Lipinski definition) is 5. The molecule has 1 saturated carbocycles. The molecule has 4 atom stereocenters. The van der Waals surface area contributed by atoms with Crippen molar-refractivity contribution in [3.8, 4) is 0 Å². The van der Waals surface area contributed by atoms with Crippen LogP contribution in [0.5, 0.6) is 0 Å². The lowest BCUT2D eigenvalue weighted by Crippen LogP contribution is -2.47. The molecule has 28 heavy (non-hydrogen) atoms. The van der Waals surface area contributed by atoms with E-state index in [1.807, 2.05) is 12.2 Å². The van der Waals surface area contributed by atoms with Crippen molar-refractivity contribution in [1.29, 1.82) is 0 Å². The summed E-state index contributed by atoms with van der Waals surface area (Å²) < 4.78 is 5.30. The van der Waals surface area contributed by atoms with Crippen molar-refractivity contribution < 1.29 is 23.9 Å². The first-order chi connectivity index (χ1) is 13.4. The van der Waals surface area contributed by atoms with Gasteiger partial charge in [-0.15, -0.1) is 0 Å². The zero-order valence-electron chi connectivity index (χ0n) is 16.7. The number of hydrogen-bond donors (Lipinski definition) is 1. The van der Waals surface area contributed by atoms with Gasteiger partial charge in [0, 0.05) is 6.04 Å². The van der Waals surface area contributed by atoms with Crippen LogP contribution >= 0.6 is 0 Å². The topological polar surface area (TPSA) is 92.8 Å². The summed E-state index contributed by atoms with van der Waals surface area (Å²) in [6.07, 6.45) is 10.3. The smallest absolute Gasteiger partial charge is 0.329 e. The first-order valence-electron chi connectivity index (χ1n) is 10.4. The minimum atomic E-state index is -1.03. The number of rotatable bonds is 5. The largest absolute Gasteiger partial charge is 0.451 e. The van der Waals surface area contributed by atoms with Crippen molar-refractivity contribution in [1.82, 2.24) is 10.2 Å². The van der Waals surface area contributed by atoms with Crippen LogP contribution in [-0.4, -0.2) is 46.8 Å². The molecule has 1 aliphatic heterocycles. The van der Waals surface area contributed by atoms with Gasteiger partial charge in [0.15, 0.2) is 6.10 Å². The number of carbonyl (C=O) groups excluding carboxylic acids is 4. The van der Waals surface area contributed by atoms with Gasteiger partial charge < -0.3 is 10.1 Å². The second-order valence-corrected chi connectivity index (χ2v) is 8.15. The molecule has 0 aromatic heterocycles. The van der Waals surface area contributed by atoms with Crippen LogP contribution in [0.4, 0.5) is 0 Å². The highest BCUT2D eigenvalue weighted by Crippen LogP contribution is 2.36. The van der Waals surface area contributed by atoms with Crippen LogP contribution in [0, 0.1) is 11.8 Å². The Hall–Kier alpha value is -2.18. The predicted octanol–water partition coefficient (Wildman–Crippen LogP) is 2.10. The maximum Gasteiger partial charge on any atom is 0.329 e. The lowest BCUT2D eigenvalue weighted by Gasteiger charge is -2.24. The molecule has 2 aliphatic carbocycles. The third-order valence-electron chi connectivity index (χ3n) is 6.13. The van der Waals surface area contributed by atoms with E-state index in [1.54, 1.807) is 0 Å². The van der Waals surface area contributed by atoms with E-state index in [0.29, 0.717) is 12.8 Å². The maximum absolute atomic E-state index is 12.6. The van der Waals surface area contributed by atoms with Gasteiger partial charge in [0.2, 0.25) is 11.8 Å². The molecule has 3 aliphatic rings. The Morgan fingerprint density at radius 3 is 2.07 bits per heavy atom. The molecule has 3 rings (SSSR count). The van der Waals surface area contributed by atoms with Crippen molar-refractivity contribution in [2.45, 2.75) is 83.4 Å². The van der Waals surface area contributed by atoms with Crippen LogP contribution in [-0.2, 0) is 23.9 Å². The molecule has 7 nitrogen and oxygen atoms in total. The van der Waals surface area contributed by atoms with Gasteiger partial charge in [-0.05, 0) is 39.5 Å². The summed E-state index contributed by atoms with van der Waals surface area (Å²) in [4.78, 5) is 51.1. The SMILES string of the molecule is C[C@@H](OC(=O)[C@H](C)N1C(=O)[C@H]2CC=CC[C@@H]2C1=O)C(=O)NC1CCCCCC1. The van der Waals surface area contributed by atoms with Crippen molar-refractivity contribution in [3.63, 3.8) is 0 Å². The Kier molecular flexibility index (Phi) is 6.52. The van der Waals surface area contributed by atoms with Gasteiger partial charge in [-0.2, -0.15) is 0 Å². The number of likely N-dealkylation sites (tertiary alicyclic amines) is 1. The molecule has 0 unspecified atom stereocenters. The van der Waals surface area contributed by atoms with Crippen LogP contribution in [0.25, 0.3) is 0 Å². The van der Waals surface area contributed by atoms with Crippen LogP contribution in [0.3, 0.4) is 0 Å². The number of carbonyl (C=O) groups is 4. The van der Waals surface area contributed by atoms with Gasteiger partial charge in [0.25, 0.3) is 5.91 Å². The molecule has 7 heteroatoms. The highest BCUT2D eigenvalue weighted by molar-refractivity contribution is 6.08. The molecule has 0 aromatic carbocycles. The monoisotopic (exact) mass is 390 g/mol. The number of allylic oxidation sites excluding steroid dienone is 2. The average Bonchev–Trinajstić information content (AvgIpc) is 2.85. The first kappa shape index (κ1) is 20.6. The van der Waals surface area contributed by atoms with Crippen LogP contribution in [0.15, 0.2) is 12.2 Å². The zero-order chi connectivity index (χ0) is 20.3. The standard InChI is InChI=1S/C21H30N2O5/c1-13(23-19(25)16-11-7-8-12-17(16)20(23)26)21(27)28-14(2)18(24)22-15-9-5-3-4-6-10-15/h7-8,13-17H,3-6,9-12H2,1-2H3,(H,22,24)/t13-,14+,16-,17-/m0/s1. The van der Waals surface area contributed by atoms with Crippen molar-refractivity contribution in [2.24, 2.45) is 11.8 Å². The van der Waals surface area contributed by atoms with Crippen LogP contribution < -0.4 is 5.32 Å². The fraction of sp³-hybridized carbons (Fsp3) is 0.714. The molecule has 1 heterocycles. The van der Waals surface area contributed by atoms with Gasteiger partial charge in [0.05, 0.1) is 11.8 Å². The van der Waals surface area contributed by atoms with Crippen LogP contribution in [0.2, 0.25) is 0 Å². The van der Waals surface area contributed by atoms with E-state index >= 15 is 0 Å². The molecule has 1 saturated heterocycles. The third kappa shape index (κ3) is 4.28. The van der Waals surface area contributed by atoms with E-state index in [-0.39, 0.29) is 35.6 Å². The van der Waals surface area contributed by atoms with E-state index in [9.17, 15) is 19.2 Å². The predicted molar refractivity (Wildman–Crippen MR) is 102 cm³/mol. The quantitative estimate of drug-likeness (QED) is 0.336. The zero-order valence-corrected chi connectivity index (χ0v) is 16.7. The van der Waals surface area contributed by atoms with Gasteiger partial charge in [-0.1, -0.05) is 37.8 Å². The summed E-state index contributed by atoms with van der Waals surface area (Å²) >= 11 is 0. The lowest BCUT2D eigenvalue weighted by molar-refractivity contribution is -0.164. The summed E-state index contributed by atoms with van der Waals surface area (Å²) in [6.45, 7) is 3.01. The molecule has 1 N–H and O–H groups in total. The Morgan fingerprint density at radius 1 is 1.00 bits per heavy atom. The van der Waals surface area contributed by atoms with Crippen molar-refractivity contribution in [3.05, 3.63) is 12.2 Å². The minimum absolute atomic E-state index is 0.117. The molecule has 3 amide bonds. The van der Waals surface area contributed by atoms with Gasteiger partial charge in [0.1, 0.15) is 6.04 Å². The third-order valence-corrected chi connectivity index (χ3v) is 6.13. The van der Waals surface area contributed by atoms with E-state index in [0.717, 1.165) is 30.6 Å². The summed E-state index contributed by atoms with van der Waals surface area (Å²) in [5, 5.41) is 2.96. The van der Waals surface area contributed by atoms with Crippen molar-refractivity contribution in [2.75, 3.05) is 0 Å². The van der Waals surface area contributed by atoms with E-state index in [4.69, 9.17) is 4.74 Å². The van der Waals surface area contributed by atoms with E-state index < -0.39 is 18.1 Å². The Labute approximate surface area is 165 Å². The van der Waals surface area contributed by atoms with Gasteiger partial charge in [-0.3, -0.25) is 19.3 Å². The van der Waals surface area contributed by atoms with E-state index in [2.05, 4.69) is 5.32 Å². The van der Waals surface area contributed by atoms with Crippen molar-refractivity contribution >= 4 is 23.7 Å². The molecule has 0 bridgehead atoms. The van der Waals surface area contributed by atoms with Gasteiger partial charge >= 0.3 is 5.97 Å². The van der Waals surface area contributed by atoms with Crippen LogP contribution in [0.1, 0.15) is 65.2 Å². The van der Waals surface area contributed by atoms with Gasteiger partial charge in [-0.25, -0.2) is 4.79 Å². The number of amides is 3. The number of esters is 1. The molecule has 2 fully saturated rings. The minimum Gasteiger partial charge on any atom is -0.451 e. The Morgan fingerprint density at radius 2 is 1.54 bits per heavy atom. The fourth-order valence-electron chi connectivity index (χ4n) is 4.38. The number of ether oxygens (including phenoxy) is 1. The lowest BCUT2D eigenvalue weighted by atomic mass is 9.85. The molecule has 0 aromatic rings. The summed E-state index contributed by atoms with van der Waals surface area (Å²) in [6, 6.07) is -0.912. The van der Waals surface area contributed by atoms with E-state index in [1.165, 1.54) is 26.7 Å². The Bertz CT molecular complexity index is 640. The fourth-order valence-corrected chi connectivity index (χ4v) is 4.38. The molecule has 0 spiro atoms. The second-order valence-electron chi connectivity index (χ2n) is 8.15. The summed E-state index contributed by atoms with van der Waals surface area (Å²) in [7, 11) is 0. The molecule has 0 radical (unpaired) electrons. The molecule has 154 valence electrons. The summed E-state index contributed by atoms with van der Waals surface area (Å²) in [5.74, 6) is -2.47. The number of nitrogens with zero attached hydrogens (tertiary/aromatic N) is 1. The Balaban J connectivity index is 1.55. The molecular formula is C21H30N2O5. The number of nitrogens with one attached hydrogen (secondary N) is 1. The molecular weight excluding hydrogens is 360 g/mol. The summed E-state index contributed by atoms with van der Waals surface area (Å²) in [5.41, 5.74) is 0. The second kappa shape index (κ2) is 8.88. The highest BCUT2D eigenvalue weighted by Gasteiger charge is 2.50. The number of fused-ring (bicyclic) bond motifs is 1. The average molecular weight is 390 g/mol. The first-order valence-corrected chi connectivity index (χ1v) is 10.4. The highest BCUT2D eigenvalue weighted by atomic mass is 16.5. The number of imide groups is 1.